The van der Waals surface area contributed by atoms with Gasteiger partial charge in [-0.2, -0.15) is 0 Å². The summed E-state index contributed by atoms with van der Waals surface area (Å²) in [5.74, 6) is 0. The van der Waals surface area contributed by atoms with Gasteiger partial charge in [0.15, 0.2) is 0 Å². The first-order valence-corrected chi connectivity index (χ1v) is 1.63. The Morgan fingerprint density at radius 1 is 0.889 bits per heavy atom. The summed E-state index contributed by atoms with van der Waals surface area (Å²) in [6.07, 6.45) is 3.00. The van der Waals surface area contributed by atoms with E-state index < -0.39 is 0 Å². The van der Waals surface area contributed by atoms with Crippen LogP contribution in [-0.2, 0) is 0 Å². The molecule has 0 fully saturated rings. The molecule has 0 aliphatic rings. The summed E-state index contributed by atoms with van der Waals surface area (Å²) < 4.78 is 0. The molecule has 0 aliphatic heterocycles. The first-order valence-electron chi connectivity index (χ1n) is 1.63. The number of hydrogen-bond acceptors (Lipinski definition) is 0. The van der Waals surface area contributed by atoms with Gasteiger partial charge in [0.25, 0.3) is 0 Å². The Kier molecular flexibility index (Phi) is 210. The summed E-state index contributed by atoms with van der Waals surface area (Å²) in [5, 5.41) is 0. The van der Waals surface area contributed by atoms with Gasteiger partial charge in [-0.05, 0) is 13.8 Å². The van der Waals surface area contributed by atoms with Crippen molar-refractivity contribution in [1.29, 1.82) is 0 Å². The number of hydrogen-bond donors (Lipinski definition) is 0. The molecular weight excluding hydrogens is 354 g/mol. The molecule has 0 amide bonds. The third kappa shape index (κ3) is 308. The van der Waals surface area contributed by atoms with Crippen LogP contribution in [0.25, 0.3) is 0 Å². The quantitative estimate of drug-likeness (QED) is 0.383. The first kappa shape index (κ1) is 31.8. The number of halogens is 2. The minimum Gasteiger partial charge on any atom is -1.00 e. The topological polar surface area (TPSA) is 0 Å². The molecule has 0 aromatic rings. The van der Waals surface area contributed by atoms with Crippen molar-refractivity contribution in [3.8, 4) is 0 Å². The summed E-state index contributed by atoms with van der Waals surface area (Å²) in [7, 11) is 0. The van der Waals surface area contributed by atoms with Gasteiger partial charge in [0.1, 0.15) is 0 Å². The Balaban J connectivity index is -0.00000000571. The molecule has 0 heterocycles. The average Bonchev–Trinajstić information content (AvgIpc) is 1.39. The maximum Gasteiger partial charge on any atom is 0 e. The molecule has 0 unspecified atom stereocenters. The molecule has 0 atom stereocenters. The summed E-state index contributed by atoms with van der Waals surface area (Å²) in [6, 6.07) is 0. The van der Waals surface area contributed by atoms with Crippen molar-refractivity contribution in [3.63, 3.8) is 0 Å². The van der Waals surface area contributed by atoms with E-state index in [-0.39, 0.29) is 59.8 Å². The third-order valence-corrected chi connectivity index (χ3v) is 0. The molecule has 0 spiro atoms. The molecule has 9 heavy (non-hydrogen) atoms. The summed E-state index contributed by atoms with van der Waals surface area (Å²) in [5.41, 5.74) is 0. The van der Waals surface area contributed by atoms with Gasteiger partial charge in [-0.3, -0.25) is 0 Å². The molecule has 57 valence electrons. The van der Waals surface area contributed by atoms with Crippen LogP contribution in [0.1, 0.15) is 1.43 Å². The molecule has 0 N–H and O–H groups in total. The standard InChI is InChI=1S/2C3H5.2BrH.Sb.H2/c2*1-3-2;;;;/h2*3H,1-2H2;2*1H;;1H/p-2. The monoisotopic (exact) mass is 363 g/mol. The molecule has 3 heteroatoms. The predicted molar refractivity (Wildman–Crippen MR) is 39.0 cm³/mol. The molecule has 0 aliphatic carbocycles. The second-order valence-corrected chi connectivity index (χ2v) is 0.577. The van der Waals surface area contributed by atoms with Crippen molar-refractivity contribution >= 4 is 24.4 Å². The van der Waals surface area contributed by atoms with E-state index in [1.54, 1.807) is 0 Å². The zero-order chi connectivity index (χ0) is 5.41. The van der Waals surface area contributed by atoms with E-state index in [1.807, 2.05) is 0 Å². The molecule has 0 bridgehead atoms. The second-order valence-electron chi connectivity index (χ2n) is 0.577. The fourth-order valence-corrected chi connectivity index (χ4v) is 0. The largest absolute Gasteiger partial charge is 1.00 e. The maximum absolute atomic E-state index is 3.25. The first-order chi connectivity index (χ1) is 2.83. The van der Waals surface area contributed by atoms with Gasteiger partial charge >= 0.3 is 0 Å². The van der Waals surface area contributed by atoms with Crippen LogP contribution in [0.2, 0.25) is 0 Å². The van der Waals surface area contributed by atoms with Crippen LogP contribution in [0.5, 0.6) is 0 Å². The van der Waals surface area contributed by atoms with Crippen molar-refractivity contribution in [1.82, 2.24) is 0 Å². The van der Waals surface area contributed by atoms with E-state index in [0.29, 0.717) is 0 Å². The number of allylic oxidation sites excluding steroid dienone is 2. The molecule has 0 rings (SSSR count). The van der Waals surface area contributed by atoms with E-state index in [9.17, 15) is 0 Å². The molecule has 0 nitrogen and oxygen atoms in total. The van der Waals surface area contributed by atoms with Crippen LogP contribution in [0, 0.1) is 13.8 Å². The average molecular weight is 366 g/mol. The molecule has 5 radical (unpaired) electrons. The summed E-state index contributed by atoms with van der Waals surface area (Å²) in [6.45, 7) is 13.0. The Hall–Kier alpha value is 1.26. The van der Waals surface area contributed by atoms with E-state index >= 15 is 0 Å². The zero-order valence-corrected chi connectivity index (χ0v) is 10.9. The molecule has 0 saturated carbocycles. The summed E-state index contributed by atoms with van der Waals surface area (Å²) >= 11 is 0. The normalized spacial score (nSPS) is 2.89. The van der Waals surface area contributed by atoms with Gasteiger partial charge in [0, 0.05) is 25.9 Å². The fourth-order valence-electron chi connectivity index (χ4n) is 0. The maximum atomic E-state index is 3.25. The van der Waals surface area contributed by atoms with Gasteiger partial charge in [-0.25, -0.2) is 0 Å². The smallest absolute Gasteiger partial charge is 0 e. The van der Waals surface area contributed by atoms with Gasteiger partial charge in [0.2, 0.25) is 0 Å². The van der Waals surface area contributed by atoms with E-state index in [1.165, 1.54) is 12.2 Å². The predicted octanol–water partition coefficient (Wildman–Crippen LogP) is -4.11. The SMILES string of the molecule is [Br-].[Br-].[CH2]C=C.[CH2]C=C.[HH].[Sb]. The molecular formula is C6H12Br2Sb-2. The zero-order valence-electron chi connectivity index (χ0n) is 5.19. The van der Waals surface area contributed by atoms with Gasteiger partial charge in [-0.15, -0.1) is 13.2 Å². The van der Waals surface area contributed by atoms with Crippen molar-refractivity contribution < 1.29 is 35.4 Å². The van der Waals surface area contributed by atoms with Crippen molar-refractivity contribution in [2.75, 3.05) is 0 Å². The van der Waals surface area contributed by atoms with Crippen LogP contribution < -0.4 is 34.0 Å². The van der Waals surface area contributed by atoms with Gasteiger partial charge in [-0.1, -0.05) is 12.2 Å². The van der Waals surface area contributed by atoms with Crippen LogP contribution >= 0.6 is 0 Å². The Morgan fingerprint density at radius 3 is 0.889 bits per heavy atom. The van der Waals surface area contributed by atoms with E-state index in [0.717, 1.165) is 0 Å². The van der Waals surface area contributed by atoms with E-state index in [4.69, 9.17) is 0 Å². The van der Waals surface area contributed by atoms with Gasteiger partial charge in [0.05, 0.1) is 0 Å². The summed E-state index contributed by atoms with van der Waals surface area (Å²) in [4.78, 5) is 0. The van der Waals surface area contributed by atoms with Crippen LogP contribution in [-0.4, -0.2) is 24.4 Å². The number of rotatable bonds is 0. The van der Waals surface area contributed by atoms with Gasteiger partial charge < -0.3 is 34.0 Å². The molecule has 0 aromatic carbocycles. The molecule has 0 aromatic heterocycles. The fraction of sp³-hybridized carbons (Fsp3) is 0. The van der Waals surface area contributed by atoms with Crippen LogP contribution in [0.3, 0.4) is 0 Å². The molecule has 0 saturated heterocycles. The Labute approximate surface area is 98.3 Å². The second kappa shape index (κ2) is 59.5. The van der Waals surface area contributed by atoms with Crippen molar-refractivity contribution in [2.24, 2.45) is 0 Å². The Morgan fingerprint density at radius 2 is 0.889 bits per heavy atom. The Bertz CT molecular complexity index is 36.7. The van der Waals surface area contributed by atoms with Crippen molar-refractivity contribution in [3.05, 3.63) is 39.2 Å². The van der Waals surface area contributed by atoms with Crippen LogP contribution in [0.15, 0.2) is 25.3 Å². The minimum atomic E-state index is 0. The van der Waals surface area contributed by atoms with E-state index in [2.05, 4.69) is 27.0 Å². The third-order valence-electron chi connectivity index (χ3n) is 0. The van der Waals surface area contributed by atoms with Crippen LogP contribution in [0.4, 0.5) is 0 Å². The minimum absolute atomic E-state index is 0. The van der Waals surface area contributed by atoms with Crippen molar-refractivity contribution in [2.45, 2.75) is 0 Å².